The van der Waals surface area contributed by atoms with Crippen molar-refractivity contribution in [3.05, 3.63) is 29.3 Å². The third kappa shape index (κ3) is 4.08. The number of carbonyl (C=O) groups is 1. The van der Waals surface area contributed by atoms with Crippen molar-refractivity contribution >= 4 is 17.5 Å². The zero-order chi connectivity index (χ0) is 12.7. The van der Waals surface area contributed by atoms with Crippen LogP contribution in [-0.4, -0.2) is 23.9 Å². The van der Waals surface area contributed by atoms with Gasteiger partial charge in [0.1, 0.15) is 5.75 Å². The summed E-state index contributed by atoms with van der Waals surface area (Å²) < 4.78 is 5.53. The first-order valence-corrected chi connectivity index (χ1v) is 7.25. The molecule has 94 valence electrons. The van der Waals surface area contributed by atoms with Crippen molar-refractivity contribution in [1.82, 2.24) is 0 Å². The number of carbonyl (C=O) groups excluding carboxylic acids is 1. The van der Waals surface area contributed by atoms with E-state index in [1.807, 2.05) is 25.1 Å². The van der Waals surface area contributed by atoms with E-state index in [1.54, 1.807) is 11.8 Å². The van der Waals surface area contributed by atoms with E-state index < -0.39 is 0 Å². The van der Waals surface area contributed by atoms with Gasteiger partial charge >= 0.3 is 0 Å². The molecule has 17 heavy (non-hydrogen) atoms. The fourth-order valence-corrected chi connectivity index (χ4v) is 2.16. The molecule has 2 nitrogen and oxygen atoms in total. The van der Waals surface area contributed by atoms with Gasteiger partial charge < -0.3 is 4.74 Å². The van der Waals surface area contributed by atoms with Crippen molar-refractivity contribution in [2.45, 2.75) is 27.2 Å². The maximum Gasteiger partial charge on any atom is 0.172 e. The summed E-state index contributed by atoms with van der Waals surface area (Å²) >= 11 is 1.66. The fraction of sp³-hybridized carbons (Fsp3) is 0.500. The molecule has 0 radical (unpaired) electrons. The lowest BCUT2D eigenvalue weighted by Gasteiger charge is -2.10. The van der Waals surface area contributed by atoms with Crippen LogP contribution in [0.3, 0.4) is 0 Å². The van der Waals surface area contributed by atoms with Gasteiger partial charge in [0.15, 0.2) is 5.78 Å². The number of hydrogen-bond donors (Lipinski definition) is 0. The average molecular weight is 252 g/mol. The molecule has 1 rings (SSSR count). The van der Waals surface area contributed by atoms with Gasteiger partial charge in [0.05, 0.1) is 12.4 Å². The van der Waals surface area contributed by atoms with Gasteiger partial charge in [0, 0.05) is 5.56 Å². The molecule has 0 aliphatic heterocycles. The highest BCUT2D eigenvalue weighted by Gasteiger charge is 2.09. The van der Waals surface area contributed by atoms with E-state index in [4.69, 9.17) is 4.74 Å². The summed E-state index contributed by atoms with van der Waals surface area (Å²) in [5.41, 5.74) is 1.91. The summed E-state index contributed by atoms with van der Waals surface area (Å²) in [5, 5.41) is 0. The lowest BCUT2D eigenvalue weighted by molar-refractivity contribution is 0.102. The van der Waals surface area contributed by atoms with Gasteiger partial charge in [-0.25, -0.2) is 0 Å². The molecule has 3 heteroatoms. The maximum atomic E-state index is 11.9. The van der Waals surface area contributed by atoms with Crippen LogP contribution in [0.4, 0.5) is 0 Å². The highest BCUT2D eigenvalue weighted by atomic mass is 32.2. The van der Waals surface area contributed by atoms with E-state index in [9.17, 15) is 4.79 Å². The van der Waals surface area contributed by atoms with Crippen LogP contribution in [0.2, 0.25) is 0 Å². The minimum absolute atomic E-state index is 0.203. The van der Waals surface area contributed by atoms with E-state index in [-0.39, 0.29) is 5.78 Å². The monoisotopic (exact) mass is 252 g/mol. The number of hydrogen-bond acceptors (Lipinski definition) is 3. The third-order valence-electron chi connectivity index (χ3n) is 2.50. The van der Waals surface area contributed by atoms with Crippen LogP contribution in [0, 0.1) is 0 Å². The Bertz CT molecular complexity index is 374. The Morgan fingerprint density at radius 3 is 2.65 bits per heavy atom. The number of rotatable bonds is 7. The Hall–Kier alpha value is -0.960. The van der Waals surface area contributed by atoms with Gasteiger partial charge in [0.2, 0.25) is 0 Å². The van der Waals surface area contributed by atoms with Crippen molar-refractivity contribution in [1.29, 1.82) is 0 Å². The van der Waals surface area contributed by atoms with E-state index in [0.29, 0.717) is 12.4 Å². The number of benzene rings is 1. The smallest absolute Gasteiger partial charge is 0.172 e. The van der Waals surface area contributed by atoms with Crippen LogP contribution in [0.25, 0.3) is 0 Å². The van der Waals surface area contributed by atoms with Crippen LogP contribution in [-0.2, 0) is 6.42 Å². The van der Waals surface area contributed by atoms with Crippen molar-refractivity contribution in [3.63, 3.8) is 0 Å². The molecule has 0 saturated heterocycles. The summed E-state index contributed by atoms with van der Waals surface area (Å²) in [6.45, 7) is 6.77. The third-order valence-corrected chi connectivity index (χ3v) is 3.38. The quantitative estimate of drug-likeness (QED) is 0.694. The molecule has 0 unspecified atom stereocenters. The maximum absolute atomic E-state index is 11.9. The van der Waals surface area contributed by atoms with Crippen LogP contribution in [0.1, 0.15) is 36.7 Å². The van der Waals surface area contributed by atoms with E-state index in [1.165, 1.54) is 0 Å². The Labute approximate surface area is 108 Å². The Morgan fingerprint density at radius 1 is 1.29 bits per heavy atom. The molecule has 0 fully saturated rings. The van der Waals surface area contributed by atoms with E-state index in [0.717, 1.165) is 29.1 Å². The first kappa shape index (κ1) is 14.1. The second-order valence-corrected chi connectivity index (χ2v) is 4.94. The van der Waals surface area contributed by atoms with Crippen molar-refractivity contribution in [2.75, 3.05) is 18.1 Å². The minimum atomic E-state index is 0.203. The number of aryl methyl sites for hydroxylation is 1. The molecule has 1 aromatic rings. The highest BCUT2D eigenvalue weighted by Crippen LogP contribution is 2.21. The average Bonchev–Trinajstić information content (AvgIpc) is 2.36. The van der Waals surface area contributed by atoms with E-state index in [2.05, 4.69) is 13.8 Å². The van der Waals surface area contributed by atoms with Gasteiger partial charge in [-0.2, -0.15) is 11.8 Å². The summed E-state index contributed by atoms with van der Waals surface area (Å²) in [6, 6.07) is 5.73. The normalized spacial score (nSPS) is 10.3. The topological polar surface area (TPSA) is 26.3 Å². The van der Waals surface area contributed by atoms with Gasteiger partial charge in [-0.05, 0) is 42.9 Å². The number of ether oxygens (including phenoxy) is 1. The van der Waals surface area contributed by atoms with Crippen molar-refractivity contribution in [2.24, 2.45) is 0 Å². The predicted molar refractivity (Wildman–Crippen MR) is 74.3 cm³/mol. The molecular weight excluding hydrogens is 232 g/mol. The Kier molecular flexibility index (Phi) is 6.12. The summed E-state index contributed by atoms with van der Waals surface area (Å²) in [6.07, 6.45) is 0.886. The molecule has 0 aliphatic rings. The van der Waals surface area contributed by atoms with Gasteiger partial charge in [-0.15, -0.1) is 0 Å². The number of thioether (sulfide) groups is 1. The molecule has 0 heterocycles. The molecule has 1 aromatic carbocycles. The van der Waals surface area contributed by atoms with Gasteiger partial charge in [-0.3, -0.25) is 4.79 Å². The molecule has 0 bridgehead atoms. The number of ketones is 1. The molecule has 0 saturated carbocycles. The molecule has 0 aromatic heterocycles. The molecule has 0 spiro atoms. The molecule has 0 N–H and O–H groups in total. The first-order chi connectivity index (χ1) is 8.22. The second kappa shape index (κ2) is 7.38. The SMILES string of the molecule is CCOc1ccc(C(=O)CSCC)cc1CC. The summed E-state index contributed by atoms with van der Waals surface area (Å²) in [7, 11) is 0. The van der Waals surface area contributed by atoms with E-state index >= 15 is 0 Å². The molecule has 0 aliphatic carbocycles. The lowest BCUT2D eigenvalue weighted by atomic mass is 10.1. The fourth-order valence-electron chi connectivity index (χ4n) is 1.60. The first-order valence-electron chi connectivity index (χ1n) is 6.09. The van der Waals surface area contributed by atoms with Gasteiger partial charge in [-0.1, -0.05) is 13.8 Å². The molecular formula is C14H20O2S. The lowest BCUT2D eigenvalue weighted by Crippen LogP contribution is -2.04. The van der Waals surface area contributed by atoms with Gasteiger partial charge in [0.25, 0.3) is 0 Å². The van der Waals surface area contributed by atoms with Crippen LogP contribution in [0.5, 0.6) is 5.75 Å². The highest BCUT2D eigenvalue weighted by molar-refractivity contribution is 7.99. The minimum Gasteiger partial charge on any atom is -0.494 e. The standard InChI is InChI=1S/C14H20O2S/c1-4-11-9-12(13(15)10-17-6-3)7-8-14(11)16-5-2/h7-9H,4-6,10H2,1-3H3. The zero-order valence-corrected chi connectivity index (χ0v) is 11.6. The number of Topliss-reactive ketones (excluding diaryl/α,β-unsaturated/α-hetero) is 1. The van der Waals surface area contributed by atoms with Crippen LogP contribution in [0.15, 0.2) is 18.2 Å². The second-order valence-electron chi connectivity index (χ2n) is 3.67. The zero-order valence-electron chi connectivity index (χ0n) is 10.8. The van der Waals surface area contributed by atoms with Crippen molar-refractivity contribution < 1.29 is 9.53 Å². The molecule has 0 amide bonds. The van der Waals surface area contributed by atoms with Crippen LogP contribution < -0.4 is 4.74 Å². The van der Waals surface area contributed by atoms with Crippen LogP contribution >= 0.6 is 11.8 Å². The summed E-state index contributed by atoms with van der Waals surface area (Å²) in [4.78, 5) is 11.9. The largest absolute Gasteiger partial charge is 0.494 e. The molecule has 0 atom stereocenters. The van der Waals surface area contributed by atoms with Crippen molar-refractivity contribution in [3.8, 4) is 5.75 Å². The predicted octanol–water partition coefficient (Wildman–Crippen LogP) is 3.58. The Balaban J connectivity index is 2.84. The Morgan fingerprint density at radius 2 is 2.06 bits per heavy atom. The summed E-state index contributed by atoms with van der Waals surface area (Å²) in [5.74, 6) is 2.64.